The van der Waals surface area contributed by atoms with Crippen molar-refractivity contribution >= 4 is 11.6 Å². The first kappa shape index (κ1) is 13.4. The lowest BCUT2D eigenvalue weighted by atomic mass is 9.61. The Bertz CT molecular complexity index is 516. The summed E-state index contributed by atoms with van der Waals surface area (Å²) in [7, 11) is 4.00. The van der Waals surface area contributed by atoms with Gasteiger partial charge in [0.2, 0.25) is 5.91 Å². The first-order chi connectivity index (χ1) is 9.62. The normalized spacial score (nSPS) is 27.6. The maximum atomic E-state index is 12.4. The molecule has 1 aromatic heterocycles. The number of hydrogen-bond acceptors (Lipinski definition) is 4. The van der Waals surface area contributed by atoms with Crippen molar-refractivity contribution in [2.24, 2.45) is 11.3 Å². The molecule has 1 saturated heterocycles. The van der Waals surface area contributed by atoms with Gasteiger partial charge in [0.25, 0.3) is 0 Å². The minimum Gasteiger partial charge on any atom is -0.378 e. The van der Waals surface area contributed by atoms with E-state index in [9.17, 15) is 4.79 Å². The highest BCUT2D eigenvalue weighted by molar-refractivity contribution is 5.84. The first-order valence-electron chi connectivity index (χ1n) is 7.23. The molecule has 1 amide bonds. The van der Waals surface area contributed by atoms with Crippen LogP contribution >= 0.6 is 0 Å². The highest BCUT2D eigenvalue weighted by Gasteiger charge is 2.55. The van der Waals surface area contributed by atoms with Gasteiger partial charge >= 0.3 is 0 Å². The van der Waals surface area contributed by atoms with Gasteiger partial charge in [0.1, 0.15) is 0 Å². The molecule has 1 aliphatic heterocycles. The zero-order chi connectivity index (χ0) is 14.2. The lowest BCUT2D eigenvalue weighted by Gasteiger charge is -2.42. The lowest BCUT2D eigenvalue weighted by molar-refractivity contribution is -0.138. The van der Waals surface area contributed by atoms with Crippen LogP contribution in [-0.2, 0) is 11.3 Å². The molecule has 2 fully saturated rings. The van der Waals surface area contributed by atoms with Crippen LogP contribution in [0.1, 0.15) is 18.5 Å². The van der Waals surface area contributed by atoms with Crippen LogP contribution in [0.3, 0.4) is 0 Å². The van der Waals surface area contributed by atoms with Gasteiger partial charge in [-0.1, -0.05) is 0 Å². The average Bonchev–Trinajstić information content (AvgIpc) is 2.72. The van der Waals surface area contributed by atoms with Gasteiger partial charge in [-0.15, -0.1) is 0 Å². The Labute approximate surface area is 119 Å². The molecule has 0 bridgehead atoms. The second-order valence-corrected chi connectivity index (χ2v) is 6.11. The Morgan fingerprint density at radius 2 is 2.45 bits per heavy atom. The van der Waals surface area contributed by atoms with Gasteiger partial charge in [-0.3, -0.25) is 9.78 Å². The Kier molecular flexibility index (Phi) is 3.38. The molecule has 5 nitrogen and oxygen atoms in total. The number of anilines is 1. The second-order valence-electron chi connectivity index (χ2n) is 6.11. The van der Waals surface area contributed by atoms with Crippen LogP contribution in [0.25, 0.3) is 0 Å². The number of nitrogens with zero attached hydrogens (tertiary/aromatic N) is 2. The van der Waals surface area contributed by atoms with Crippen molar-refractivity contribution in [3.05, 3.63) is 24.0 Å². The molecule has 108 valence electrons. The number of pyridine rings is 1. The Balaban J connectivity index is 1.62. The van der Waals surface area contributed by atoms with E-state index >= 15 is 0 Å². The average molecular weight is 274 g/mol. The Hall–Kier alpha value is -1.62. The quantitative estimate of drug-likeness (QED) is 0.851. The van der Waals surface area contributed by atoms with E-state index in [1.807, 2.05) is 31.1 Å². The maximum Gasteiger partial charge on any atom is 0.228 e. The topological polar surface area (TPSA) is 57.3 Å². The van der Waals surface area contributed by atoms with E-state index in [0.717, 1.165) is 30.9 Å². The molecule has 3 rings (SSSR count). The van der Waals surface area contributed by atoms with Gasteiger partial charge in [-0.25, -0.2) is 0 Å². The van der Waals surface area contributed by atoms with Crippen LogP contribution in [-0.4, -0.2) is 38.1 Å². The van der Waals surface area contributed by atoms with Crippen LogP contribution in [0, 0.1) is 11.3 Å². The van der Waals surface area contributed by atoms with Gasteiger partial charge in [0.05, 0.1) is 17.7 Å². The molecule has 2 aliphatic rings. The van der Waals surface area contributed by atoms with Gasteiger partial charge in [0.15, 0.2) is 0 Å². The fraction of sp³-hybridized carbons (Fsp3) is 0.600. The van der Waals surface area contributed by atoms with Gasteiger partial charge < -0.3 is 15.5 Å². The fourth-order valence-electron chi connectivity index (χ4n) is 3.26. The monoisotopic (exact) mass is 274 g/mol. The van der Waals surface area contributed by atoms with Gasteiger partial charge in [-0.05, 0) is 37.4 Å². The van der Waals surface area contributed by atoms with E-state index in [1.165, 1.54) is 6.42 Å². The van der Waals surface area contributed by atoms with Crippen molar-refractivity contribution in [1.82, 2.24) is 15.6 Å². The third-order valence-electron chi connectivity index (χ3n) is 4.75. The van der Waals surface area contributed by atoms with Gasteiger partial charge in [0, 0.05) is 32.5 Å². The van der Waals surface area contributed by atoms with Crippen LogP contribution in [0.5, 0.6) is 0 Å². The molecule has 1 aromatic rings. The first-order valence-corrected chi connectivity index (χ1v) is 7.23. The summed E-state index contributed by atoms with van der Waals surface area (Å²) in [5.41, 5.74) is 1.87. The lowest BCUT2D eigenvalue weighted by Crippen LogP contribution is -2.51. The number of rotatable bonds is 4. The highest BCUT2D eigenvalue weighted by atomic mass is 16.2. The number of amides is 1. The summed E-state index contributed by atoms with van der Waals surface area (Å²) in [5, 5.41) is 6.41. The third-order valence-corrected chi connectivity index (χ3v) is 4.75. The van der Waals surface area contributed by atoms with E-state index in [4.69, 9.17) is 0 Å². The standard InChI is InChI=1S/C15H22N4O/c1-19(2)13-4-6-17-12(7-13)9-18-14(20)15-5-3-11(15)8-16-10-15/h4,6-7,11,16H,3,5,8-10H2,1-2H3,(H,18,20)/t11-,15-/m0/s1. The molecule has 2 atom stereocenters. The van der Waals surface area contributed by atoms with E-state index in [-0.39, 0.29) is 11.3 Å². The number of aromatic nitrogens is 1. The molecule has 0 unspecified atom stereocenters. The van der Waals surface area contributed by atoms with Crippen molar-refractivity contribution in [1.29, 1.82) is 0 Å². The predicted molar refractivity (Wildman–Crippen MR) is 78.4 cm³/mol. The van der Waals surface area contributed by atoms with Crippen molar-refractivity contribution in [2.45, 2.75) is 19.4 Å². The Morgan fingerprint density at radius 3 is 3.10 bits per heavy atom. The SMILES string of the molecule is CN(C)c1ccnc(CNC(=O)[C@]23CC[C@H]2CNC3)c1. The van der Waals surface area contributed by atoms with E-state index in [1.54, 1.807) is 6.20 Å². The molecule has 20 heavy (non-hydrogen) atoms. The minimum atomic E-state index is -0.140. The molecular weight excluding hydrogens is 252 g/mol. The highest BCUT2D eigenvalue weighted by Crippen LogP contribution is 2.49. The zero-order valence-electron chi connectivity index (χ0n) is 12.1. The molecule has 2 N–H and O–H groups in total. The molecule has 2 heterocycles. The smallest absolute Gasteiger partial charge is 0.228 e. The predicted octanol–water partition coefficient (Wildman–Crippen LogP) is 0.763. The number of nitrogens with one attached hydrogen (secondary N) is 2. The van der Waals surface area contributed by atoms with Crippen LogP contribution in [0.4, 0.5) is 5.69 Å². The van der Waals surface area contributed by atoms with Crippen LogP contribution in [0.2, 0.25) is 0 Å². The molecule has 5 heteroatoms. The second kappa shape index (κ2) is 5.05. The zero-order valence-corrected chi connectivity index (χ0v) is 12.1. The van der Waals surface area contributed by atoms with Crippen molar-refractivity contribution < 1.29 is 4.79 Å². The molecule has 1 aliphatic carbocycles. The van der Waals surface area contributed by atoms with Crippen molar-refractivity contribution in [3.63, 3.8) is 0 Å². The molecule has 0 spiro atoms. The number of fused-ring (bicyclic) bond motifs is 1. The largest absolute Gasteiger partial charge is 0.378 e. The summed E-state index contributed by atoms with van der Waals surface area (Å²) < 4.78 is 0. The fourth-order valence-corrected chi connectivity index (χ4v) is 3.26. The summed E-state index contributed by atoms with van der Waals surface area (Å²) in [6, 6.07) is 3.98. The molecule has 1 saturated carbocycles. The number of carbonyl (C=O) groups excluding carboxylic acids is 1. The van der Waals surface area contributed by atoms with Crippen LogP contribution < -0.4 is 15.5 Å². The molecule has 0 radical (unpaired) electrons. The summed E-state index contributed by atoms with van der Waals surface area (Å²) >= 11 is 0. The number of carbonyl (C=O) groups is 1. The minimum absolute atomic E-state index is 0.140. The van der Waals surface area contributed by atoms with E-state index in [0.29, 0.717) is 12.5 Å². The van der Waals surface area contributed by atoms with E-state index in [2.05, 4.69) is 15.6 Å². The number of hydrogen-bond donors (Lipinski definition) is 2. The van der Waals surface area contributed by atoms with Crippen molar-refractivity contribution in [2.75, 3.05) is 32.1 Å². The molecule has 0 aromatic carbocycles. The summed E-state index contributed by atoms with van der Waals surface area (Å²) in [4.78, 5) is 18.8. The maximum absolute atomic E-state index is 12.4. The molecular formula is C15H22N4O. The third kappa shape index (κ3) is 2.16. The summed E-state index contributed by atoms with van der Waals surface area (Å²) in [6.45, 7) is 2.32. The van der Waals surface area contributed by atoms with Gasteiger partial charge in [-0.2, -0.15) is 0 Å². The van der Waals surface area contributed by atoms with E-state index < -0.39 is 0 Å². The Morgan fingerprint density at radius 1 is 1.60 bits per heavy atom. The summed E-state index contributed by atoms with van der Waals surface area (Å²) in [6.07, 6.45) is 3.98. The van der Waals surface area contributed by atoms with Crippen LogP contribution in [0.15, 0.2) is 18.3 Å². The summed E-state index contributed by atoms with van der Waals surface area (Å²) in [5.74, 6) is 0.722. The van der Waals surface area contributed by atoms with Crippen molar-refractivity contribution in [3.8, 4) is 0 Å².